The summed E-state index contributed by atoms with van der Waals surface area (Å²) in [6.45, 7) is 1.69. The Balaban J connectivity index is 2.23. The van der Waals surface area contributed by atoms with E-state index in [-0.39, 0.29) is 24.7 Å². The normalized spacial score (nSPS) is 20.1. The van der Waals surface area contributed by atoms with E-state index in [1.165, 1.54) is 0 Å². The van der Waals surface area contributed by atoms with Crippen LogP contribution in [0.4, 0.5) is 8.78 Å². The molecule has 5 heteroatoms. The van der Waals surface area contributed by atoms with Gasteiger partial charge in [0.15, 0.2) is 0 Å². The first-order valence-corrected chi connectivity index (χ1v) is 5.34. The second kappa shape index (κ2) is 5.39. The maximum Gasteiger partial charge on any atom is 0.238 e. The zero-order valence-electron chi connectivity index (χ0n) is 8.88. The van der Waals surface area contributed by atoms with Gasteiger partial charge in [0, 0.05) is 18.5 Å². The molecule has 2 unspecified atom stereocenters. The van der Waals surface area contributed by atoms with Crippen LogP contribution >= 0.6 is 0 Å². The molecule has 0 bridgehead atoms. The number of alkyl halides is 2. The van der Waals surface area contributed by atoms with Crippen molar-refractivity contribution in [2.75, 3.05) is 0 Å². The van der Waals surface area contributed by atoms with Crippen molar-refractivity contribution in [2.45, 2.75) is 51.1 Å². The van der Waals surface area contributed by atoms with E-state index < -0.39 is 12.5 Å². The number of amides is 1. The molecule has 0 heterocycles. The van der Waals surface area contributed by atoms with Crippen molar-refractivity contribution in [3.63, 3.8) is 0 Å². The van der Waals surface area contributed by atoms with E-state index in [0.717, 1.165) is 12.8 Å². The Bertz CT molecular complexity index is 219. The van der Waals surface area contributed by atoms with Gasteiger partial charge in [0.1, 0.15) is 0 Å². The van der Waals surface area contributed by atoms with Gasteiger partial charge in [-0.2, -0.15) is 0 Å². The molecule has 1 amide bonds. The second-order valence-corrected chi connectivity index (χ2v) is 4.20. The minimum atomic E-state index is -2.34. The van der Waals surface area contributed by atoms with Crippen molar-refractivity contribution in [3.8, 4) is 0 Å². The van der Waals surface area contributed by atoms with Gasteiger partial charge in [-0.1, -0.05) is 6.92 Å². The predicted molar refractivity (Wildman–Crippen MR) is 53.5 cm³/mol. The molecule has 0 aromatic carbocycles. The fourth-order valence-electron chi connectivity index (χ4n) is 1.32. The maximum absolute atomic E-state index is 11.9. The van der Waals surface area contributed by atoms with Crippen LogP contribution in [0.25, 0.3) is 0 Å². The Morgan fingerprint density at radius 1 is 1.47 bits per heavy atom. The van der Waals surface area contributed by atoms with Crippen LogP contribution < -0.4 is 11.1 Å². The molecule has 0 aromatic heterocycles. The van der Waals surface area contributed by atoms with Crippen molar-refractivity contribution < 1.29 is 13.6 Å². The zero-order chi connectivity index (χ0) is 11.4. The van der Waals surface area contributed by atoms with E-state index in [9.17, 15) is 13.6 Å². The maximum atomic E-state index is 11.9. The summed E-state index contributed by atoms with van der Waals surface area (Å²) in [5.41, 5.74) is 5.67. The Labute approximate surface area is 88.4 Å². The zero-order valence-corrected chi connectivity index (χ0v) is 8.88. The summed E-state index contributed by atoms with van der Waals surface area (Å²) in [4.78, 5) is 11.5. The van der Waals surface area contributed by atoms with E-state index in [0.29, 0.717) is 6.04 Å². The van der Waals surface area contributed by atoms with Gasteiger partial charge in [-0.25, -0.2) is 8.78 Å². The largest absolute Gasteiger partial charge is 0.353 e. The number of carbonyl (C=O) groups is 1. The smallest absolute Gasteiger partial charge is 0.238 e. The molecule has 3 N–H and O–H groups in total. The minimum Gasteiger partial charge on any atom is -0.353 e. The van der Waals surface area contributed by atoms with Crippen LogP contribution in [0.5, 0.6) is 0 Å². The number of carbonyl (C=O) groups excluding carboxylic acids is 1. The van der Waals surface area contributed by atoms with E-state index in [2.05, 4.69) is 5.32 Å². The van der Waals surface area contributed by atoms with Gasteiger partial charge < -0.3 is 11.1 Å². The number of nitrogens with two attached hydrogens (primary N) is 1. The highest BCUT2D eigenvalue weighted by Crippen LogP contribution is 2.20. The first-order valence-electron chi connectivity index (χ1n) is 5.34. The Morgan fingerprint density at radius 2 is 2.07 bits per heavy atom. The molecular formula is C10H18F2N2O. The van der Waals surface area contributed by atoms with Crippen molar-refractivity contribution in [3.05, 3.63) is 0 Å². The highest BCUT2D eigenvalue weighted by Gasteiger charge is 2.28. The molecule has 0 aliphatic heterocycles. The quantitative estimate of drug-likeness (QED) is 0.708. The van der Waals surface area contributed by atoms with Crippen LogP contribution in [0.3, 0.4) is 0 Å². The predicted octanol–water partition coefficient (Wildman–Crippen LogP) is 1.27. The molecular weight excluding hydrogens is 202 g/mol. The topological polar surface area (TPSA) is 55.1 Å². The number of hydrogen-bond acceptors (Lipinski definition) is 2. The van der Waals surface area contributed by atoms with E-state index in [1.807, 2.05) is 0 Å². The van der Waals surface area contributed by atoms with Crippen LogP contribution in [0, 0.1) is 5.92 Å². The van der Waals surface area contributed by atoms with Crippen LogP contribution in [0.15, 0.2) is 0 Å². The van der Waals surface area contributed by atoms with Crippen molar-refractivity contribution >= 4 is 5.91 Å². The molecule has 0 spiro atoms. The SMILES string of the molecule is CC(C(=O)NC1CC1)C(N)CCC(F)F. The lowest BCUT2D eigenvalue weighted by Gasteiger charge is -2.19. The highest BCUT2D eigenvalue weighted by atomic mass is 19.3. The van der Waals surface area contributed by atoms with E-state index in [1.54, 1.807) is 6.92 Å². The second-order valence-electron chi connectivity index (χ2n) is 4.20. The van der Waals surface area contributed by atoms with E-state index >= 15 is 0 Å². The van der Waals surface area contributed by atoms with Crippen molar-refractivity contribution in [2.24, 2.45) is 11.7 Å². The van der Waals surface area contributed by atoms with Gasteiger partial charge in [0.05, 0.1) is 5.92 Å². The minimum absolute atomic E-state index is 0.112. The summed E-state index contributed by atoms with van der Waals surface area (Å²) in [5, 5.41) is 2.82. The number of hydrogen-bond donors (Lipinski definition) is 2. The van der Waals surface area contributed by atoms with Gasteiger partial charge in [-0.05, 0) is 19.3 Å². The highest BCUT2D eigenvalue weighted by molar-refractivity contribution is 5.79. The summed E-state index contributed by atoms with van der Waals surface area (Å²) in [6.07, 6.45) is -0.344. The number of halogens is 2. The summed E-state index contributed by atoms with van der Waals surface area (Å²) in [7, 11) is 0. The molecule has 3 nitrogen and oxygen atoms in total. The number of nitrogens with one attached hydrogen (secondary N) is 1. The molecule has 0 aromatic rings. The summed E-state index contributed by atoms with van der Waals surface area (Å²) < 4.78 is 23.8. The molecule has 1 saturated carbocycles. The van der Waals surface area contributed by atoms with Gasteiger partial charge in [0.25, 0.3) is 0 Å². The molecule has 2 atom stereocenters. The average Bonchev–Trinajstić information content (AvgIpc) is 2.96. The average molecular weight is 220 g/mol. The number of rotatable bonds is 6. The fraction of sp³-hybridized carbons (Fsp3) is 0.900. The molecule has 1 aliphatic rings. The Morgan fingerprint density at radius 3 is 2.53 bits per heavy atom. The Hall–Kier alpha value is -0.710. The fourth-order valence-corrected chi connectivity index (χ4v) is 1.32. The molecule has 0 radical (unpaired) electrons. The first-order chi connectivity index (χ1) is 7.00. The van der Waals surface area contributed by atoms with Crippen LogP contribution in [-0.4, -0.2) is 24.4 Å². The summed E-state index contributed by atoms with van der Waals surface area (Å²) in [5.74, 6) is -0.497. The third-order valence-electron chi connectivity index (χ3n) is 2.70. The molecule has 0 saturated heterocycles. The van der Waals surface area contributed by atoms with Gasteiger partial charge in [-0.3, -0.25) is 4.79 Å². The van der Waals surface area contributed by atoms with Gasteiger partial charge >= 0.3 is 0 Å². The lowest BCUT2D eigenvalue weighted by atomic mass is 9.97. The van der Waals surface area contributed by atoms with Gasteiger partial charge in [0.2, 0.25) is 12.3 Å². The van der Waals surface area contributed by atoms with Gasteiger partial charge in [-0.15, -0.1) is 0 Å². The lowest BCUT2D eigenvalue weighted by molar-refractivity contribution is -0.125. The molecule has 1 aliphatic carbocycles. The summed E-state index contributed by atoms with van der Waals surface area (Å²) in [6, 6.07) is -0.181. The van der Waals surface area contributed by atoms with Crippen LogP contribution in [-0.2, 0) is 4.79 Å². The monoisotopic (exact) mass is 220 g/mol. The van der Waals surface area contributed by atoms with Crippen molar-refractivity contribution in [1.29, 1.82) is 0 Å². The van der Waals surface area contributed by atoms with Crippen molar-refractivity contribution in [1.82, 2.24) is 5.32 Å². The molecule has 15 heavy (non-hydrogen) atoms. The first kappa shape index (κ1) is 12.4. The molecule has 88 valence electrons. The third-order valence-corrected chi connectivity index (χ3v) is 2.70. The standard InChI is InChI=1S/C10H18F2N2O/c1-6(8(13)4-5-9(11)12)10(15)14-7-2-3-7/h6-9H,2-5,13H2,1H3,(H,14,15). The Kier molecular flexibility index (Phi) is 4.45. The molecule has 1 rings (SSSR count). The lowest BCUT2D eigenvalue weighted by Crippen LogP contribution is -2.41. The summed E-state index contributed by atoms with van der Waals surface area (Å²) >= 11 is 0. The van der Waals surface area contributed by atoms with Crippen LogP contribution in [0.1, 0.15) is 32.6 Å². The van der Waals surface area contributed by atoms with E-state index in [4.69, 9.17) is 5.73 Å². The third kappa shape index (κ3) is 4.55. The molecule has 1 fully saturated rings. The van der Waals surface area contributed by atoms with Crippen LogP contribution in [0.2, 0.25) is 0 Å².